The number of halogens is 3. The number of pyridine rings is 1. The molecule has 0 saturated carbocycles. The van der Waals surface area contributed by atoms with Crippen LogP contribution in [-0.2, 0) is 26.2 Å². The molecule has 0 saturated heterocycles. The Morgan fingerprint density at radius 3 is 2.33 bits per heavy atom. The lowest BCUT2D eigenvalue weighted by Crippen LogP contribution is -2.66. The van der Waals surface area contributed by atoms with Crippen molar-refractivity contribution in [1.29, 1.82) is 0 Å². The monoisotopic (exact) mass is 523 g/mol. The fourth-order valence-electron chi connectivity index (χ4n) is 4.65. The van der Waals surface area contributed by atoms with Gasteiger partial charge in [-0.1, -0.05) is 19.9 Å². The molecule has 0 unspecified atom stereocenters. The Labute approximate surface area is 206 Å². The minimum absolute atomic E-state index is 0.0256. The second-order valence-corrected chi connectivity index (χ2v) is 11.2. The summed E-state index contributed by atoms with van der Waals surface area (Å²) in [6, 6.07) is 7.77. The van der Waals surface area contributed by atoms with Crippen molar-refractivity contribution in [2.45, 2.75) is 49.8 Å². The summed E-state index contributed by atoms with van der Waals surface area (Å²) >= 11 is 0. The third-order valence-electron chi connectivity index (χ3n) is 6.27. The number of hydrogen-bond acceptors (Lipinski definition) is 6. The molecular weight excluding hydrogens is 499 g/mol. The standard InChI is InChI=1S/C24H24F3N3O5S/c1-22(2)11-18-20(19(31)12-22)23(24(25,26)27,21(32)30(18)14-15-5-4-10-28-13-15)29-36(33,34)17-8-6-16(35-3)7-9-17/h4-10,13,29H,11-12,14H2,1-3H3/t23-/m1/s1. The van der Waals surface area contributed by atoms with Gasteiger partial charge in [0.1, 0.15) is 5.75 Å². The number of ether oxygens (including phenoxy) is 1. The van der Waals surface area contributed by atoms with E-state index in [0.717, 1.165) is 17.0 Å². The minimum Gasteiger partial charge on any atom is -0.497 e. The van der Waals surface area contributed by atoms with Crippen LogP contribution in [0.2, 0.25) is 0 Å². The number of aromatic nitrogens is 1. The smallest absolute Gasteiger partial charge is 0.421 e. The minimum atomic E-state index is -5.45. The van der Waals surface area contributed by atoms with E-state index in [1.54, 1.807) is 30.7 Å². The Balaban J connectivity index is 1.90. The van der Waals surface area contributed by atoms with E-state index in [1.165, 1.54) is 31.6 Å². The molecule has 0 bridgehead atoms. The van der Waals surface area contributed by atoms with Crippen LogP contribution in [0.15, 0.2) is 65.0 Å². The van der Waals surface area contributed by atoms with Crippen molar-refractivity contribution in [3.63, 3.8) is 0 Å². The Kier molecular flexibility index (Phi) is 6.24. The van der Waals surface area contributed by atoms with Crippen molar-refractivity contribution in [2.24, 2.45) is 5.41 Å². The number of alkyl halides is 3. The van der Waals surface area contributed by atoms with E-state index in [0.29, 0.717) is 5.56 Å². The van der Waals surface area contributed by atoms with Gasteiger partial charge in [-0.05, 0) is 47.7 Å². The third-order valence-corrected chi connectivity index (χ3v) is 7.73. The van der Waals surface area contributed by atoms with Gasteiger partial charge < -0.3 is 9.64 Å². The van der Waals surface area contributed by atoms with E-state index in [2.05, 4.69) is 4.98 Å². The zero-order valence-electron chi connectivity index (χ0n) is 19.7. The van der Waals surface area contributed by atoms with E-state index in [4.69, 9.17) is 4.74 Å². The predicted octanol–water partition coefficient (Wildman–Crippen LogP) is 3.36. The lowest BCUT2D eigenvalue weighted by Gasteiger charge is -2.35. The molecule has 2 aliphatic rings. The summed E-state index contributed by atoms with van der Waals surface area (Å²) in [6.45, 7) is 3.10. The molecule has 0 fully saturated rings. The SMILES string of the molecule is COc1ccc(S(=O)(=O)N[C@@]2(C(F)(F)F)C(=O)N(Cc3cccnc3)C3=C2C(=O)CC(C)(C)C3)cc1. The molecule has 2 aromatic rings. The number of rotatable bonds is 6. The highest BCUT2D eigenvalue weighted by molar-refractivity contribution is 7.89. The van der Waals surface area contributed by atoms with Gasteiger partial charge in [-0.3, -0.25) is 14.6 Å². The first-order chi connectivity index (χ1) is 16.7. The number of benzene rings is 1. The summed E-state index contributed by atoms with van der Waals surface area (Å²) in [5.74, 6) is -2.22. The first-order valence-corrected chi connectivity index (χ1v) is 12.4. The number of carbonyl (C=O) groups is 2. The van der Waals surface area contributed by atoms with E-state index < -0.39 is 49.3 Å². The van der Waals surface area contributed by atoms with Crippen LogP contribution in [0.3, 0.4) is 0 Å². The average Bonchev–Trinajstić information content (AvgIpc) is 3.02. The molecule has 2 heterocycles. The summed E-state index contributed by atoms with van der Waals surface area (Å²) in [5, 5.41) is 0. The normalized spacial score (nSPS) is 22.1. The number of nitrogens with zero attached hydrogens (tertiary/aromatic N) is 2. The number of amides is 1. The van der Waals surface area contributed by atoms with Crippen molar-refractivity contribution in [2.75, 3.05) is 7.11 Å². The number of allylic oxidation sites excluding steroid dienone is 1. The fraction of sp³-hybridized carbons (Fsp3) is 0.375. The van der Waals surface area contributed by atoms with E-state index >= 15 is 0 Å². The number of nitrogens with one attached hydrogen (secondary N) is 1. The van der Waals surface area contributed by atoms with Crippen molar-refractivity contribution in [3.05, 3.63) is 65.6 Å². The van der Waals surface area contributed by atoms with Gasteiger partial charge >= 0.3 is 6.18 Å². The molecule has 192 valence electrons. The molecule has 0 radical (unpaired) electrons. The van der Waals surface area contributed by atoms with Crippen LogP contribution in [0.4, 0.5) is 13.2 Å². The van der Waals surface area contributed by atoms with Crippen molar-refractivity contribution in [1.82, 2.24) is 14.6 Å². The summed E-state index contributed by atoms with van der Waals surface area (Å²) in [5.41, 5.74) is -5.10. The average molecular weight is 524 g/mol. The molecular formula is C24H24F3N3O5S. The highest BCUT2D eigenvalue weighted by Gasteiger charge is 2.72. The number of ketones is 1. The molecule has 1 aliphatic heterocycles. The zero-order chi connectivity index (χ0) is 26.5. The van der Waals surface area contributed by atoms with E-state index in [-0.39, 0.29) is 30.8 Å². The van der Waals surface area contributed by atoms with Crippen LogP contribution in [0.1, 0.15) is 32.3 Å². The quantitative estimate of drug-likeness (QED) is 0.623. The van der Waals surface area contributed by atoms with E-state index in [1.807, 2.05) is 0 Å². The van der Waals surface area contributed by atoms with Crippen LogP contribution >= 0.6 is 0 Å². The van der Waals surface area contributed by atoms with Crippen molar-refractivity contribution < 1.29 is 35.9 Å². The molecule has 1 atom stereocenters. The Hall–Kier alpha value is -3.25. The summed E-state index contributed by atoms with van der Waals surface area (Å²) in [7, 11) is -3.57. The lowest BCUT2D eigenvalue weighted by atomic mass is 9.72. The fourth-order valence-corrected chi connectivity index (χ4v) is 5.97. The molecule has 1 amide bonds. The summed E-state index contributed by atoms with van der Waals surface area (Å²) < 4.78 is 77.6. The number of hydrogen-bond donors (Lipinski definition) is 1. The van der Waals surface area contributed by atoms with Crippen LogP contribution in [0.25, 0.3) is 0 Å². The van der Waals surface area contributed by atoms with Gasteiger partial charge in [-0.2, -0.15) is 17.9 Å². The second kappa shape index (κ2) is 8.70. The number of sulfonamides is 1. The Bertz CT molecular complexity index is 1340. The third kappa shape index (κ3) is 4.28. The van der Waals surface area contributed by atoms with Gasteiger partial charge in [-0.15, -0.1) is 0 Å². The molecule has 8 nitrogen and oxygen atoms in total. The number of carbonyl (C=O) groups excluding carboxylic acids is 2. The molecule has 1 aliphatic carbocycles. The van der Waals surface area contributed by atoms with Crippen LogP contribution in [0.5, 0.6) is 5.75 Å². The van der Waals surface area contributed by atoms with Gasteiger partial charge in [0.15, 0.2) is 5.78 Å². The number of Topliss-reactive ketones (excluding diaryl/α,β-unsaturated/α-hetero) is 1. The first kappa shape index (κ1) is 25.8. The maximum absolute atomic E-state index is 14.9. The van der Waals surface area contributed by atoms with Crippen LogP contribution in [0, 0.1) is 5.41 Å². The summed E-state index contributed by atoms with van der Waals surface area (Å²) in [6.07, 6.45) is -2.90. The maximum Gasteiger partial charge on any atom is 0.421 e. The van der Waals surface area contributed by atoms with Crippen molar-refractivity contribution in [3.8, 4) is 5.75 Å². The van der Waals surface area contributed by atoms with Gasteiger partial charge in [0.2, 0.25) is 15.6 Å². The Morgan fingerprint density at radius 2 is 1.78 bits per heavy atom. The Morgan fingerprint density at radius 1 is 1.11 bits per heavy atom. The molecule has 12 heteroatoms. The maximum atomic E-state index is 14.9. The highest BCUT2D eigenvalue weighted by Crippen LogP contribution is 2.52. The second-order valence-electron chi connectivity index (χ2n) is 9.54. The van der Waals surface area contributed by atoms with Crippen LogP contribution in [-0.4, -0.2) is 48.8 Å². The van der Waals surface area contributed by atoms with E-state index in [9.17, 15) is 31.2 Å². The zero-order valence-corrected chi connectivity index (χ0v) is 20.5. The van der Waals surface area contributed by atoms with Crippen LogP contribution < -0.4 is 9.46 Å². The van der Waals surface area contributed by atoms with Gasteiger partial charge in [0.05, 0.1) is 24.1 Å². The highest BCUT2D eigenvalue weighted by atomic mass is 32.2. The lowest BCUT2D eigenvalue weighted by molar-refractivity contribution is -0.189. The summed E-state index contributed by atoms with van der Waals surface area (Å²) in [4.78, 5) is 31.1. The molecule has 1 N–H and O–H groups in total. The molecule has 1 aromatic carbocycles. The molecule has 1 aromatic heterocycles. The number of methoxy groups -OCH3 is 1. The first-order valence-electron chi connectivity index (χ1n) is 10.9. The predicted molar refractivity (Wildman–Crippen MR) is 122 cm³/mol. The topological polar surface area (TPSA) is 106 Å². The molecule has 4 rings (SSSR count). The molecule has 36 heavy (non-hydrogen) atoms. The van der Waals surface area contributed by atoms with Gasteiger partial charge in [0.25, 0.3) is 5.91 Å². The van der Waals surface area contributed by atoms with Gasteiger partial charge in [0, 0.05) is 24.5 Å². The van der Waals surface area contributed by atoms with Gasteiger partial charge in [-0.25, -0.2) is 8.42 Å². The largest absolute Gasteiger partial charge is 0.497 e. The molecule has 0 spiro atoms. The van der Waals surface area contributed by atoms with Crippen molar-refractivity contribution >= 4 is 21.7 Å².